The monoisotopic (exact) mass is 308 g/mol. The standard InChI is InChI=1S/C13H13BrN2O2/c1-7-4-8(2)11(10(14)5-7)16-13(17)12-9(3)15-6-18-12/h4-6H,1-3H3,(H,16,17). The van der Waals surface area contributed by atoms with Crippen molar-refractivity contribution < 1.29 is 9.21 Å². The van der Waals surface area contributed by atoms with Gasteiger partial charge in [0, 0.05) is 4.47 Å². The lowest BCUT2D eigenvalue weighted by Gasteiger charge is -2.10. The molecule has 1 amide bonds. The van der Waals surface area contributed by atoms with Crippen LogP contribution >= 0.6 is 15.9 Å². The van der Waals surface area contributed by atoms with Gasteiger partial charge < -0.3 is 9.73 Å². The SMILES string of the molecule is Cc1cc(C)c(NC(=O)c2ocnc2C)c(Br)c1. The van der Waals surface area contributed by atoms with Crippen molar-refractivity contribution >= 4 is 27.5 Å². The van der Waals surface area contributed by atoms with Crippen molar-refractivity contribution in [2.24, 2.45) is 0 Å². The second-order valence-electron chi connectivity index (χ2n) is 4.16. The van der Waals surface area contributed by atoms with Crippen molar-refractivity contribution in [2.45, 2.75) is 20.8 Å². The molecule has 4 nitrogen and oxygen atoms in total. The number of aromatic nitrogens is 1. The van der Waals surface area contributed by atoms with E-state index in [1.54, 1.807) is 6.92 Å². The summed E-state index contributed by atoms with van der Waals surface area (Å²) in [7, 11) is 0. The number of hydrogen-bond acceptors (Lipinski definition) is 3. The number of nitrogens with one attached hydrogen (secondary N) is 1. The van der Waals surface area contributed by atoms with Crippen molar-refractivity contribution in [3.63, 3.8) is 0 Å². The molecule has 0 aliphatic carbocycles. The van der Waals surface area contributed by atoms with Crippen molar-refractivity contribution in [2.75, 3.05) is 5.32 Å². The minimum absolute atomic E-state index is 0.238. The number of amides is 1. The summed E-state index contributed by atoms with van der Waals surface area (Å²) in [5.41, 5.74) is 3.45. The van der Waals surface area contributed by atoms with Gasteiger partial charge in [-0.2, -0.15) is 0 Å². The molecule has 0 spiro atoms. The number of carbonyl (C=O) groups is 1. The van der Waals surface area contributed by atoms with Crippen LogP contribution in [-0.4, -0.2) is 10.9 Å². The number of carbonyl (C=O) groups excluding carboxylic acids is 1. The predicted molar refractivity (Wildman–Crippen MR) is 72.8 cm³/mol. The van der Waals surface area contributed by atoms with Gasteiger partial charge >= 0.3 is 0 Å². The summed E-state index contributed by atoms with van der Waals surface area (Å²) in [6.45, 7) is 5.68. The highest BCUT2D eigenvalue weighted by Crippen LogP contribution is 2.28. The fourth-order valence-corrected chi connectivity index (χ4v) is 2.54. The van der Waals surface area contributed by atoms with E-state index >= 15 is 0 Å². The molecule has 0 radical (unpaired) electrons. The zero-order valence-corrected chi connectivity index (χ0v) is 12.0. The van der Waals surface area contributed by atoms with E-state index in [4.69, 9.17) is 4.42 Å². The van der Waals surface area contributed by atoms with E-state index in [-0.39, 0.29) is 11.7 Å². The molecule has 0 bridgehead atoms. The first kappa shape index (κ1) is 12.8. The average Bonchev–Trinajstić information content (AvgIpc) is 2.69. The van der Waals surface area contributed by atoms with Crippen LogP contribution in [0.1, 0.15) is 27.4 Å². The molecule has 0 aliphatic heterocycles. The van der Waals surface area contributed by atoms with Gasteiger partial charge in [-0.3, -0.25) is 4.79 Å². The van der Waals surface area contributed by atoms with E-state index in [0.29, 0.717) is 5.69 Å². The highest BCUT2D eigenvalue weighted by atomic mass is 79.9. The van der Waals surface area contributed by atoms with E-state index in [9.17, 15) is 4.79 Å². The lowest BCUT2D eigenvalue weighted by atomic mass is 10.1. The number of hydrogen-bond donors (Lipinski definition) is 1. The van der Waals surface area contributed by atoms with Gasteiger partial charge in [0.2, 0.25) is 5.76 Å². The quantitative estimate of drug-likeness (QED) is 0.922. The van der Waals surface area contributed by atoms with Crippen LogP contribution in [0.3, 0.4) is 0 Å². The maximum atomic E-state index is 12.0. The average molecular weight is 309 g/mol. The topological polar surface area (TPSA) is 55.1 Å². The van der Waals surface area contributed by atoms with Gasteiger partial charge in [-0.1, -0.05) is 6.07 Å². The molecule has 94 valence electrons. The molecule has 1 heterocycles. The van der Waals surface area contributed by atoms with E-state index in [1.165, 1.54) is 6.39 Å². The van der Waals surface area contributed by atoms with Crippen LogP contribution in [-0.2, 0) is 0 Å². The van der Waals surface area contributed by atoms with Crippen LogP contribution in [0.25, 0.3) is 0 Å². The van der Waals surface area contributed by atoms with Gasteiger partial charge in [-0.25, -0.2) is 4.98 Å². The number of halogens is 1. The van der Waals surface area contributed by atoms with E-state index in [2.05, 4.69) is 26.2 Å². The Balaban J connectivity index is 2.31. The normalized spacial score (nSPS) is 10.4. The Morgan fingerprint density at radius 3 is 2.61 bits per heavy atom. The first-order valence-corrected chi connectivity index (χ1v) is 6.26. The minimum Gasteiger partial charge on any atom is -0.438 e. The van der Waals surface area contributed by atoms with Crippen LogP contribution in [0.15, 0.2) is 27.4 Å². The second kappa shape index (κ2) is 4.94. The number of rotatable bonds is 2. The molecule has 1 aromatic carbocycles. The zero-order valence-electron chi connectivity index (χ0n) is 10.4. The maximum absolute atomic E-state index is 12.0. The highest BCUT2D eigenvalue weighted by molar-refractivity contribution is 9.10. The van der Waals surface area contributed by atoms with Crippen LogP contribution in [0.4, 0.5) is 5.69 Å². The number of aryl methyl sites for hydroxylation is 3. The maximum Gasteiger partial charge on any atom is 0.293 e. The molecular weight excluding hydrogens is 296 g/mol. The molecule has 1 aromatic heterocycles. The third-order valence-electron chi connectivity index (χ3n) is 2.62. The fourth-order valence-electron chi connectivity index (χ4n) is 1.76. The van der Waals surface area contributed by atoms with Gasteiger partial charge in [-0.15, -0.1) is 0 Å². The largest absolute Gasteiger partial charge is 0.438 e. The second-order valence-corrected chi connectivity index (χ2v) is 5.01. The van der Waals surface area contributed by atoms with Gasteiger partial charge in [0.1, 0.15) is 0 Å². The third kappa shape index (κ3) is 2.46. The van der Waals surface area contributed by atoms with Gasteiger partial charge in [0.05, 0.1) is 11.4 Å². The molecule has 0 unspecified atom stereocenters. The van der Waals surface area contributed by atoms with Crippen LogP contribution in [0.2, 0.25) is 0 Å². The summed E-state index contributed by atoms with van der Waals surface area (Å²) in [6.07, 6.45) is 1.27. The number of benzene rings is 1. The minimum atomic E-state index is -0.294. The highest BCUT2D eigenvalue weighted by Gasteiger charge is 2.16. The number of oxazole rings is 1. The number of anilines is 1. The molecule has 1 N–H and O–H groups in total. The lowest BCUT2D eigenvalue weighted by molar-refractivity contribution is 0.0995. The molecule has 2 aromatic rings. The summed E-state index contributed by atoms with van der Waals surface area (Å²) in [5.74, 6) is -0.0560. The van der Waals surface area contributed by atoms with E-state index < -0.39 is 0 Å². The van der Waals surface area contributed by atoms with Gasteiger partial charge in [-0.05, 0) is 53.9 Å². The Hall–Kier alpha value is -1.62. The van der Waals surface area contributed by atoms with Crippen LogP contribution < -0.4 is 5.32 Å². The summed E-state index contributed by atoms with van der Waals surface area (Å²) >= 11 is 3.45. The Labute approximate surface area is 114 Å². The zero-order chi connectivity index (χ0) is 13.3. The molecule has 5 heteroatoms. The van der Waals surface area contributed by atoms with Gasteiger partial charge in [0.25, 0.3) is 5.91 Å². The Kier molecular flexibility index (Phi) is 3.52. The summed E-state index contributed by atoms with van der Waals surface area (Å²) < 4.78 is 5.92. The molecule has 0 fully saturated rings. The first-order valence-electron chi connectivity index (χ1n) is 5.47. The summed E-state index contributed by atoms with van der Waals surface area (Å²) in [6, 6.07) is 3.96. The van der Waals surface area contributed by atoms with Crippen molar-refractivity contribution in [3.05, 3.63) is 45.6 Å². The number of nitrogens with zero attached hydrogens (tertiary/aromatic N) is 1. The third-order valence-corrected chi connectivity index (χ3v) is 3.25. The predicted octanol–water partition coefficient (Wildman–Crippen LogP) is 3.61. The first-order chi connectivity index (χ1) is 8.49. The molecule has 0 saturated heterocycles. The molecule has 0 saturated carbocycles. The van der Waals surface area contributed by atoms with Gasteiger partial charge in [0.15, 0.2) is 6.39 Å². The lowest BCUT2D eigenvalue weighted by Crippen LogP contribution is -2.13. The Morgan fingerprint density at radius 1 is 1.33 bits per heavy atom. The van der Waals surface area contributed by atoms with Crippen molar-refractivity contribution in [3.8, 4) is 0 Å². The molecule has 18 heavy (non-hydrogen) atoms. The van der Waals surface area contributed by atoms with Crippen LogP contribution in [0.5, 0.6) is 0 Å². The Bertz CT molecular complexity index is 582. The molecular formula is C13H13BrN2O2. The van der Waals surface area contributed by atoms with E-state index in [1.807, 2.05) is 26.0 Å². The van der Waals surface area contributed by atoms with Crippen molar-refractivity contribution in [1.29, 1.82) is 0 Å². The summed E-state index contributed by atoms with van der Waals surface area (Å²) in [5, 5.41) is 2.83. The fraction of sp³-hybridized carbons (Fsp3) is 0.231. The van der Waals surface area contributed by atoms with Crippen molar-refractivity contribution in [1.82, 2.24) is 4.98 Å². The van der Waals surface area contributed by atoms with E-state index in [0.717, 1.165) is 21.3 Å². The molecule has 0 aliphatic rings. The summed E-state index contributed by atoms with van der Waals surface area (Å²) in [4.78, 5) is 15.9. The Morgan fingerprint density at radius 2 is 2.06 bits per heavy atom. The molecule has 2 rings (SSSR count). The van der Waals surface area contributed by atoms with Crippen LogP contribution in [0, 0.1) is 20.8 Å². The smallest absolute Gasteiger partial charge is 0.293 e. The molecule has 0 atom stereocenters.